The van der Waals surface area contributed by atoms with Crippen LogP contribution in [0.25, 0.3) is 10.8 Å². The minimum absolute atomic E-state index is 0. The summed E-state index contributed by atoms with van der Waals surface area (Å²) in [6.45, 7) is 1.63. The van der Waals surface area contributed by atoms with E-state index in [1.54, 1.807) is 14.0 Å². The van der Waals surface area contributed by atoms with Crippen LogP contribution in [-0.2, 0) is 4.79 Å². The maximum absolute atomic E-state index is 10.8. The molecule has 88 valence electrons. The first-order valence-corrected chi connectivity index (χ1v) is 5.40. The third kappa shape index (κ3) is 3.33. The zero-order chi connectivity index (χ0) is 12.4. The van der Waals surface area contributed by atoms with E-state index in [9.17, 15) is 9.90 Å². The SMILES string of the molecule is COc1ccc2cc([C@H](C)C(=O)[O-])ccc2c1.[K+]. The van der Waals surface area contributed by atoms with Gasteiger partial charge in [0.05, 0.1) is 7.11 Å². The van der Waals surface area contributed by atoms with Crippen molar-refractivity contribution >= 4 is 16.7 Å². The second kappa shape index (κ2) is 6.68. The van der Waals surface area contributed by atoms with Gasteiger partial charge in [0.25, 0.3) is 0 Å². The fourth-order valence-corrected chi connectivity index (χ4v) is 1.77. The van der Waals surface area contributed by atoms with Crippen molar-refractivity contribution in [3.63, 3.8) is 0 Å². The molecule has 2 aromatic carbocycles. The van der Waals surface area contributed by atoms with Crippen molar-refractivity contribution in [1.29, 1.82) is 0 Å². The van der Waals surface area contributed by atoms with Gasteiger partial charge in [0.15, 0.2) is 0 Å². The minimum Gasteiger partial charge on any atom is -0.550 e. The number of carbonyl (C=O) groups is 1. The van der Waals surface area contributed by atoms with Crippen LogP contribution in [0.2, 0.25) is 0 Å². The summed E-state index contributed by atoms with van der Waals surface area (Å²) in [5.74, 6) is -0.863. The third-order valence-corrected chi connectivity index (χ3v) is 2.93. The largest absolute Gasteiger partial charge is 1.00 e. The van der Waals surface area contributed by atoms with E-state index in [2.05, 4.69) is 0 Å². The number of carboxylic acids is 1. The minimum atomic E-state index is -1.06. The van der Waals surface area contributed by atoms with E-state index < -0.39 is 11.9 Å². The van der Waals surface area contributed by atoms with E-state index in [1.165, 1.54) is 0 Å². The summed E-state index contributed by atoms with van der Waals surface area (Å²) in [7, 11) is 1.62. The van der Waals surface area contributed by atoms with Crippen LogP contribution in [0.3, 0.4) is 0 Å². The van der Waals surface area contributed by atoms with E-state index >= 15 is 0 Å². The number of fused-ring (bicyclic) bond motifs is 1. The van der Waals surface area contributed by atoms with Gasteiger partial charge in [-0.05, 0) is 28.5 Å². The Bertz CT molecular complexity index is 566. The van der Waals surface area contributed by atoms with Crippen LogP contribution in [0.5, 0.6) is 5.75 Å². The quantitative estimate of drug-likeness (QED) is 0.651. The molecule has 3 nitrogen and oxygen atoms in total. The molecule has 0 aliphatic rings. The van der Waals surface area contributed by atoms with Gasteiger partial charge in [0.2, 0.25) is 0 Å². The molecule has 0 saturated carbocycles. The van der Waals surface area contributed by atoms with Gasteiger partial charge in [-0.2, -0.15) is 0 Å². The molecule has 0 aliphatic carbocycles. The topological polar surface area (TPSA) is 49.4 Å². The molecule has 4 heteroatoms. The van der Waals surface area contributed by atoms with Crippen molar-refractivity contribution in [3.05, 3.63) is 42.0 Å². The van der Waals surface area contributed by atoms with E-state index in [-0.39, 0.29) is 51.4 Å². The van der Waals surface area contributed by atoms with Gasteiger partial charge in [0.1, 0.15) is 5.75 Å². The zero-order valence-corrected chi connectivity index (χ0v) is 13.9. The van der Waals surface area contributed by atoms with Crippen molar-refractivity contribution in [2.24, 2.45) is 0 Å². The second-order valence-corrected chi connectivity index (χ2v) is 4.01. The average molecular weight is 268 g/mol. The summed E-state index contributed by atoms with van der Waals surface area (Å²) in [4.78, 5) is 10.8. The van der Waals surface area contributed by atoms with Crippen molar-refractivity contribution in [1.82, 2.24) is 0 Å². The van der Waals surface area contributed by atoms with Gasteiger partial charge >= 0.3 is 51.4 Å². The van der Waals surface area contributed by atoms with Crippen molar-refractivity contribution in [2.45, 2.75) is 12.8 Å². The molecule has 0 heterocycles. The van der Waals surface area contributed by atoms with E-state index in [0.717, 1.165) is 22.1 Å². The molecule has 2 rings (SSSR count). The number of benzene rings is 2. The molecule has 0 fully saturated rings. The Balaban J connectivity index is 0.00000162. The Kier molecular flexibility index (Phi) is 5.81. The van der Waals surface area contributed by atoms with Crippen LogP contribution in [0.4, 0.5) is 0 Å². The number of rotatable bonds is 3. The van der Waals surface area contributed by atoms with Crippen molar-refractivity contribution in [2.75, 3.05) is 7.11 Å². The number of methoxy groups -OCH3 is 1. The molecule has 2 aromatic rings. The smallest absolute Gasteiger partial charge is 0.550 e. The fourth-order valence-electron chi connectivity index (χ4n) is 1.77. The average Bonchev–Trinajstić information content (AvgIpc) is 2.36. The number of hydrogen-bond donors (Lipinski definition) is 0. The van der Waals surface area contributed by atoms with Gasteiger partial charge in [-0.25, -0.2) is 0 Å². The number of ether oxygens (including phenoxy) is 1. The summed E-state index contributed by atoms with van der Waals surface area (Å²) < 4.78 is 5.13. The molecular formula is C14H13KO3. The van der Waals surface area contributed by atoms with Gasteiger partial charge < -0.3 is 14.6 Å². The monoisotopic (exact) mass is 268 g/mol. The Labute approximate surface area is 149 Å². The predicted octanol–water partition coefficient (Wildman–Crippen LogP) is -1.29. The van der Waals surface area contributed by atoms with E-state index in [1.807, 2.05) is 36.4 Å². The molecule has 18 heavy (non-hydrogen) atoms. The van der Waals surface area contributed by atoms with Gasteiger partial charge in [-0.15, -0.1) is 0 Å². The van der Waals surface area contributed by atoms with Crippen LogP contribution < -0.4 is 61.2 Å². The van der Waals surface area contributed by atoms with Crippen LogP contribution in [0.15, 0.2) is 36.4 Å². The summed E-state index contributed by atoms with van der Waals surface area (Å²) in [5, 5.41) is 12.8. The Morgan fingerprint density at radius 3 is 2.39 bits per heavy atom. The second-order valence-electron chi connectivity index (χ2n) is 4.01. The van der Waals surface area contributed by atoms with Gasteiger partial charge in [0, 0.05) is 11.9 Å². The first-order valence-electron chi connectivity index (χ1n) is 5.40. The molecule has 0 unspecified atom stereocenters. The van der Waals surface area contributed by atoms with Crippen LogP contribution in [-0.4, -0.2) is 13.1 Å². The van der Waals surface area contributed by atoms with Gasteiger partial charge in [-0.3, -0.25) is 0 Å². The molecule has 0 aromatic heterocycles. The van der Waals surface area contributed by atoms with Crippen molar-refractivity contribution in [3.8, 4) is 5.75 Å². The first-order chi connectivity index (χ1) is 8.11. The standard InChI is InChI=1S/C14H14O3.K/c1-9(14(15)16)10-3-4-12-8-13(17-2)6-5-11(12)7-10;/h3-9H,1-2H3,(H,15,16);/q;+1/p-1/t9-;/m0./s1. The number of aliphatic carboxylic acids is 1. The van der Waals surface area contributed by atoms with E-state index in [4.69, 9.17) is 4.74 Å². The number of hydrogen-bond acceptors (Lipinski definition) is 3. The fraction of sp³-hybridized carbons (Fsp3) is 0.214. The predicted molar refractivity (Wildman–Crippen MR) is 63.9 cm³/mol. The van der Waals surface area contributed by atoms with Crippen LogP contribution in [0, 0.1) is 0 Å². The molecule has 0 radical (unpaired) electrons. The van der Waals surface area contributed by atoms with Crippen LogP contribution in [0.1, 0.15) is 18.4 Å². The molecule has 0 amide bonds. The zero-order valence-electron chi connectivity index (χ0n) is 10.8. The molecule has 0 spiro atoms. The molecule has 0 aliphatic heterocycles. The van der Waals surface area contributed by atoms with Crippen LogP contribution >= 0.6 is 0 Å². The maximum Gasteiger partial charge on any atom is 1.00 e. The summed E-state index contributed by atoms with van der Waals surface area (Å²) in [5.41, 5.74) is 0.752. The summed E-state index contributed by atoms with van der Waals surface area (Å²) in [6.07, 6.45) is 0. The van der Waals surface area contributed by atoms with E-state index in [0.29, 0.717) is 0 Å². The Morgan fingerprint density at radius 2 is 1.78 bits per heavy atom. The normalized spacial score (nSPS) is 11.7. The summed E-state index contributed by atoms with van der Waals surface area (Å²) in [6, 6.07) is 11.3. The molecule has 0 N–H and O–H groups in total. The Morgan fingerprint density at radius 1 is 1.17 bits per heavy atom. The molecule has 0 bridgehead atoms. The molecular weight excluding hydrogens is 255 g/mol. The molecule has 0 saturated heterocycles. The number of carbonyl (C=O) groups excluding carboxylic acids is 1. The summed E-state index contributed by atoms with van der Waals surface area (Å²) >= 11 is 0. The van der Waals surface area contributed by atoms with Gasteiger partial charge in [-0.1, -0.05) is 31.2 Å². The first kappa shape index (κ1) is 15.7. The third-order valence-electron chi connectivity index (χ3n) is 2.93. The number of carboxylic acid groups (broad SMARTS) is 1. The molecule has 1 atom stereocenters. The maximum atomic E-state index is 10.8. The van der Waals surface area contributed by atoms with Crippen molar-refractivity contribution < 1.29 is 66.0 Å². The Hall–Kier alpha value is -0.394.